The lowest BCUT2D eigenvalue weighted by atomic mass is 10.0. The number of carboxylic acid groups (broad SMARTS) is 1. The fraction of sp³-hybridized carbons (Fsp3) is 0.500. The van der Waals surface area contributed by atoms with Crippen LogP contribution in [0.2, 0.25) is 0 Å². The molecule has 0 radical (unpaired) electrons. The molecule has 0 saturated heterocycles. The van der Waals surface area contributed by atoms with Crippen LogP contribution in [0.25, 0.3) is 0 Å². The summed E-state index contributed by atoms with van der Waals surface area (Å²) in [5.74, 6) is -1.88. The maximum absolute atomic E-state index is 13.7. The molecule has 0 fully saturated rings. The quantitative estimate of drug-likeness (QED) is 0.863. The van der Waals surface area contributed by atoms with Gasteiger partial charge in [-0.1, -0.05) is 0 Å². The number of hydrogen-bond acceptors (Lipinski definition) is 2. The SMILES string of the molecule is CC(C)N(CCC(=O)O)C(C)c1cc(F)ccc1F. The van der Waals surface area contributed by atoms with E-state index in [0.717, 1.165) is 18.2 Å². The molecule has 0 saturated carbocycles. The van der Waals surface area contributed by atoms with E-state index in [4.69, 9.17) is 5.11 Å². The van der Waals surface area contributed by atoms with Crippen molar-refractivity contribution in [3.05, 3.63) is 35.4 Å². The highest BCUT2D eigenvalue weighted by Gasteiger charge is 2.22. The van der Waals surface area contributed by atoms with Crippen molar-refractivity contribution < 1.29 is 18.7 Å². The third kappa shape index (κ3) is 4.28. The van der Waals surface area contributed by atoms with E-state index in [9.17, 15) is 13.6 Å². The molecule has 106 valence electrons. The molecule has 19 heavy (non-hydrogen) atoms. The first-order valence-corrected chi connectivity index (χ1v) is 6.25. The Kier molecular flexibility index (Phi) is 5.42. The van der Waals surface area contributed by atoms with Crippen molar-refractivity contribution in [3.8, 4) is 0 Å². The van der Waals surface area contributed by atoms with Crippen LogP contribution in [0.1, 0.15) is 38.8 Å². The molecule has 0 amide bonds. The molecule has 0 aliphatic heterocycles. The molecule has 0 aliphatic carbocycles. The first kappa shape index (κ1) is 15.6. The van der Waals surface area contributed by atoms with Gasteiger partial charge in [-0.25, -0.2) is 8.78 Å². The smallest absolute Gasteiger partial charge is 0.304 e. The van der Waals surface area contributed by atoms with E-state index in [2.05, 4.69) is 0 Å². The Morgan fingerprint density at radius 1 is 1.32 bits per heavy atom. The van der Waals surface area contributed by atoms with Crippen LogP contribution in [0, 0.1) is 11.6 Å². The Balaban J connectivity index is 2.95. The molecular weight excluding hydrogens is 252 g/mol. The van der Waals surface area contributed by atoms with Gasteiger partial charge in [-0.15, -0.1) is 0 Å². The average molecular weight is 271 g/mol. The van der Waals surface area contributed by atoms with E-state index in [-0.39, 0.29) is 24.1 Å². The van der Waals surface area contributed by atoms with Crippen LogP contribution in [0.3, 0.4) is 0 Å². The summed E-state index contributed by atoms with van der Waals surface area (Å²) in [5.41, 5.74) is 0.249. The molecule has 1 aromatic carbocycles. The van der Waals surface area contributed by atoms with Crippen LogP contribution in [0.5, 0.6) is 0 Å². The second-order valence-corrected chi connectivity index (χ2v) is 4.82. The van der Waals surface area contributed by atoms with Gasteiger partial charge in [0.2, 0.25) is 0 Å². The molecule has 0 aromatic heterocycles. The lowest BCUT2D eigenvalue weighted by Gasteiger charge is -2.32. The molecular formula is C14H19F2NO2. The van der Waals surface area contributed by atoms with E-state index < -0.39 is 17.6 Å². The highest BCUT2D eigenvalue weighted by molar-refractivity contribution is 5.66. The maximum Gasteiger partial charge on any atom is 0.304 e. The fourth-order valence-electron chi connectivity index (χ4n) is 2.14. The number of hydrogen-bond donors (Lipinski definition) is 1. The Morgan fingerprint density at radius 3 is 2.47 bits per heavy atom. The second kappa shape index (κ2) is 6.61. The number of rotatable bonds is 6. The molecule has 0 spiro atoms. The van der Waals surface area contributed by atoms with E-state index >= 15 is 0 Å². The van der Waals surface area contributed by atoms with Crippen molar-refractivity contribution in [3.63, 3.8) is 0 Å². The van der Waals surface area contributed by atoms with Crippen LogP contribution in [-0.2, 0) is 4.79 Å². The minimum absolute atomic E-state index is 0.0283. The zero-order valence-corrected chi connectivity index (χ0v) is 11.4. The summed E-state index contributed by atoms with van der Waals surface area (Å²) in [6.07, 6.45) is -0.0283. The normalized spacial score (nSPS) is 13.0. The highest BCUT2D eigenvalue weighted by atomic mass is 19.1. The highest BCUT2D eigenvalue weighted by Crippen LogP contribution is 2.25. The van der Waals surface area contributed by atoms with Gasteiger partial charge < -0.3 is 5.11 Å². The van der Waals surface area contributed by atoms with Gasteiger partial charge in [0, 0.05) is 24.2 Å². The lowest BCUT2D eigenvalue weighted by molar-refractivity contribution is -0.137. The molecule has 0 bridgehead atoms. The molecule has 0 heterocycles. The molecule has 1 N–H and O–H groups in total. The van der Waals surface area contributed by atoms with Gasteiger partial charge >= 0.3 is 5.97 Å². The zero-order valence-electron chi connectivity index (χ0n) is 11.4. The van der Waals surface area contributed by atoms with Gasteiger partial charge in [0.05, 0.1) is 6.42 Å². The first-order valence-electron chi connectivity index (χ1n) is 6.25. The van der Waals surface area contributed by atoms with Crippen LogP contribution >= 0.6 is 0 Å². The number of halogens is 2. The molecule has 1 unspecified atom stereocenters. The Hall–Kier alpha value is -1.49. The van der Waals surface area contributed by atoms with Crippen LogP contribution in [-0.4, -0.2) is 28.6 Å². The van der Waals surface area contributed by atoms with Crippen LogP contribution in [0.15, 0.2) is 18.2 Å². The number of benzene rings is 1. The average Bonchev–Trinajstić information content (AvgIpc) is 2.31. The predicted molar refractivity (Wildman–Crippen MR) is 68.9 cm³/mol. The molecule has 1 rings (SSSR count). The van der Waals surface area contributed by atoms with Crippen molar-refractivity contribution >= 4 is 5.97 Å². The summed E-state index contributed by atoms with van der Waals surface area (Å²) in [4.78, 5) is 12.5. The summed E-state index contributed by atoms with van der Waals surface area (Å²) < 4.78 is 26.9. The molecule has 1 atom stereocenters. The van der Waals surface area contributed by atoms with Crippen molar-refractivity contribution in [2.75, 3.05) is 6.54 Å². The molecule has 0 aliphatic rings. The third-order valence-corrected chi connectivity index (χ3v) is 3.15. The summed E-state index contributed by atoms with van der Waals surface area (Å²) in [7, 11) is 0. The van der Waals surface area contributed by atoms with Gasteiger partial charge in [0.25, 0.3) is 0 Å². The molecule has 3 nitrogen and oxygen atoms in total. The standard InChI is InChI=1S/C14H19F2NO2/c1-9(2)17(7-6-14(18)19)10(3)12-8-11(15)4-5-13(12)16/h4-5,8-10H,6-7H2,1-3H3,(H,18,19). The Labute approximate surface area is 111 Å². The van der Waals surface area contributed by atoms with E-state index in [1.54, 1.807) is 6.92 Å². The van der Waals surface area contributed by atoms with Gasteiger partial charge in [0.1, 0.15) is 11.6 Å². The van der Waals surface area contributed by atoms with E-state index in [1.165, 1.54) is 0 Å². The minimum atomic E-state index is -0.905. The van der Waals surface area contributed by atoms with Gasteiger partial charge in [-0.2, -0.15) is 0 Å². The minimum Gasteiger partial charge on any atom is -0.481 e. The van der Waals surface area contributed by atoms with E-state index in [0.29, 0.717) is 6.54 Å². The van der Waals surface area contributed by atoms with Gasteiger partial charge in [-0.3, -0.25) is 9.69 Å². The topological polar surface area (TPSA) is 40.5 Å². The summed E-state index contributed by atoms with van der Waals surface area (Å²) in [6.45, 7) is 5.84. The summed E-state index contributed by atoms with van der Waals surface area (Å²) >= 11 is 0. The zero-order chi connectivity index (χ0) is 14.6. The number of aliphatic carboxylic acids is 1. The monoisotopic (exact) mass is 271 g/mol. The van der Waals surface area contributed by atoms with Gasteiger partial charge in [0.15, 0.2) is 0 Å². The van der Waals surface area contributed by atoms with Crippen molar-refractivity contribution in [2.24, 2.45) is 0 Å². The maximum atomic E-state index is 13.7. The summed E-state index contributed by atoms with van der Waals surface area (Å²) in [6, 6.07) is 2.99. The van der Waals surface area contributed by atoms with Crippen LogP contribution in [0.4, 0.5) is 8.78 Å². The van der Waals surface area contributed by atoms with Crippen LogP contribution < -0.4 is 0 Å². The molecule has 5 heteroatoms. The van der Waals surface area contributed by atoms with Crippen molar-refractivity contribution in [1.29, 1.82) is 0 Å². The fourth-order valence-corrected chi connectivity index (χ4v) is 2.14. The van der Waals surface area contributed by atoms with Crippen molar-refractivity contribution in [2.45, 2.75) is 39.3 Å². The Morgan fingerprint density at radius 2 is 1.95 bits per heavy atom. The third-order valence-electron chi connectivity index (χ3n) is 3.15. The molecule has 1 aromatic rings. The van der Waals surface area contributed by atoms with E-state index in [1.807, 2.05) is 18.7 Å². The van der Waals surface area contributed by atoms with Crippen molar-refractivity contribution in [1.82, 2.24) is 4.90 Å². The number of nitrogens with zero attached hydrogens (tertiary/aromatic N) is 1. The largest absolute Gasteiger partial charge is 0.481 e. The summed E-state index contributed by atoms with van der Waals surface area (Å²) in [5, 5.41) is 8.73. The number of carboxylic acids is 1. The van der Waals surface area contributed by atoms with Gasteiger partial charge in [-0.05, 0) is 39.0 Å². The second-order valence-electron chi connectivity index (χ2n) is 4.82. The number of carbonyl (C=O) groups is 1. The Bertz CT molecular complexity index is 449. The lowest BCUT2D eigenvalue weighted by Crippen LogP contribution is -2.35. The predicted octanol–water partition coefficient (Wildman–Crippen LogP) is 3.21. The first-order chi connectivity index (χ1) is 8.82.